The highest BCUT2D eigenvalue weighted by Crippen LogP contribution is 2.26. The Morgan fingerprint density at radius 1 is 0.969 bits per heavy atom. The number of carbonyl (C=O) groups excluding carboxylic acids is 2. The minimum atomic E-state index is -0.299. The van der Waals surface area contributed by atoms with E-state index in [0.717, 1.165) is 5.56 Å². The average Bonchev–Trinajstić information content (AvgIpc) is 3.25. The van der Waals surface area contributed by atoms with Crippen LogP contribution in [-0.2, 0) is 11.3 Å². The van der Waals surface area contributed by atoms with Crippen molar-refractivity contribution in [2.75, 3.05) is 33.2 Å². The van der Waals surface area contributed by atoms with Crippen LogP contribution in [-0.4, -0.2) is 49.5 Å². The molecule has 0 spiro atoms. The molecule has 9 nitrogen and oxygen atoms in total. The predicted octanol–water partition coefficient (Wildman–Crippen LogP) is 2.72. The van der Waals surface area contributed by atoms with Crippen LogP contribution in [0, 0.1) is 0 Å². The first-order valence-corrected chi connectivity index (χ1v) is 9.99. The number of anilines is 1. The minimum absolute atomic E-state index is 0.109. The second-order valence-electron chi connectivity index (χ2n) is 6.81. The van der Waals surface area contributed by atoms with Gasteiger partial charge in [0, 0.05) is 30.7 Å². The molecule has 2 N–H and O–H groups in total. The van der Waals surface area contributed by atoms with E-state index in [1.807, 2.05) is 12.1 Å². The molecule has 0 aliphatic heterocycles. The molecule has 0 aliphatic carbocycles. The highest BCUT2D eigenvalue weighted by atomic mass is 16.5. The fourth-order valence-electron chi connectivity index (χ4n) is 3.13. The van der Waals surface area contributed by atoms with Crippen molar-refractivity contribution < 1.29 is 23.8 Å². The van der Waals surface area contributed by atoms with Gasteiger partial charge in [0.1, 0.15) is 23.1 Å². The van der Waals surface area contributed by atoms with E-state index in [1.54, 1.807) is 61.5 Å². The van der Waals surface area contributed by atoms with E-state index in [4.69, 9.17) is 14.2 Å². The molecular formula is C23H26N4O5. The maximum Gasteiger partial charge on any atom is 0.255 e. The Bertz CT molecular complexity index is 1080. The molecule has 1 aromatic heterocycles. The third kappa shape index (κ3) is 5.57. The quantitative estimate of drug-likeness (QED) is 0.505. The van der Waals surface area contributed by atoms with Crippen molar-refractivity contribution in [1.29, 1.82) is 0 Å². The Labute approximate surface area is 186 Å². The lowest BCUT2D eigenvalue weighted by Crippen LogP contribution is -2.28. The summed E-state index contributed by atoms with van der Waals surface area (Å²) in [4.78, 5) is 24.7. The zero-order chi connectivity index (χ0) is 22.9. The second-order valence-corrected chi connectivity index (χ2v) is 6.81. The molecule has 0 saturated heterocycles. The summed E-state index contributed by atoms with van der Waals surface area (Å²) in [6, 6.07) is 14.1. The Morgan fingerprint density at radius 2 is 1.75 bits per heavy atom. The van der Waals surface area contributed by atoms with Crippen molar-refractivity contribution >= 4 is 17.6 Å². The van der Waals surface area contributed by atoms with E-state index in [0.29, 0.717) is 35.2 Å². The Hall–Kier alpha value is -4.01. The Kier molecular flexibility index (Phi) is 7.69. The maximum atomic E-state index is 12.4. The number of hydrogen-bond donors (Lipinski definition) is 2. The molecule has 0 bridgehead atoms. The molecule has 168 valence electrons. The molecule has 2 amide bonds. The largest absolute Gasteiger partial charge is 0.497 e. The topological polar surface area (TPSA) is 104 Å². The van der Waals surface area contributed by atoms with Crippen molar-refractivity contribution in [2.24, 2.45) is 0 Å². The zero-order valence-corrected chi connectivity index (χ0v) is 18.3. The molecule has 0 saturated carbocycles. The standard InChI is InChI=1S/C23H26N4O5/c1-30-17-9-8-16(20(14-17)32-3)15-27-21(10-13-25-27)26-22(28)11-12-24-23(29)18-6-4-5-7-19(18)31-2/h4-10,13-14H,11-12,15H2,1-3H3,(H,24,29)(H,26,28). The molecule has 0 radical (unpaired) electrons. The Morgan fingerprint density at radius 3 is 2.50 bits per heavy atom. The number of amides is 2. The molecule has 0 fully saturated rings. The van der Waals surface area contributed by atoms with Crippen LogP contribution >= 0.6 is 0 Å². The van der Waals surface area contributed by atoms with Gasteiger partial charge in [-0.1, -0.05) is 12.1 Å². The Balaban J connectivity index is 1.56. The van der Waals surface area contributed by atoms with E-state index in [1.165, 1.54) is 7.11 Å². The van der Waals surface area contributed by atoms with Crippen LogP contribution in [0.3, 0.4) is 0 Å². The number of hydrogen-bond acceptors (Lipinski definition) is 6. The molecule has 3 aromatic rings. The number of ether oxygens (including phenoxy) is 3. The van der Waals surface area contributed by atoms with Gasteiger partial charge in [0.2, 0.25) is 5.91 Å². The van der Waals surface area contributed by atoms with Crippen molar-refractivity contribution in [3.63, 3.8) is 0 Å². The van der Waals surface area contributed by atoms with E-state index >= 15 is 0 Å². The number of methoxy groups -OCH3 is 3. The summed E-state index contributed by atoms with van der Waals surface area (Å²) in [5.74, 6) is 1.84. The lowest BCUT2D eigenvalue weighted by Gasteiger charge is -2.13. The number of nitrogens with zero attached hydrogens (tertiary/aromatic N) is 2. The van der Waals surface area contributed by atoms with Crippen LogP contribution in [0.1, 0.15) is 22.3 Å². The predicted molar refractivity (Wildman–Crippen MR) is 119 cm³/mol. The van der Waals surface area contributed by atoms with Crippen LogP contribution in [0.15, 0.2) is 54.7 Å². The lowest BCUT2D eigenvalue weighted by molar-refractivity contribution is -0.116. The van der Waals surface area contributed by atoms with Gasteiger partial charge in [-0.15, -0.1) is 0 Å². The average molecular weight is 438 g/mol. The van der Waals surface area contributed by atoms with E-state index < -0.39 is 0 Å². The summed E-state index contributed by atoms with van der Waals surface area (Å²) in [5, 5.41) is 9.84. The molecule has 32 heavy (non-hydrogen) atoms. The summed E-state index contributed by atoms with van der Waals surface area (Å²) < 4.78 is 17.5. The third-order valence-corrected chi connectivity index (χ3v) is 4.79. The van der Waals surface area contributed by atoms with E-state index in [2.05, 4.69) is 15.7 Å². The maximum absolute atomic E-state index is 12.4. The SMILES string of the molecule is COc1ccc(Cn2nccc2NC(=O)CCNC(=O)c2ccccc2OC)c(OC)c1. The molecule has 3 rings (SSSR count). The van der Waals surface area contributed by atoms with Crippen LogP contribution in [0.5, 0.6) is 17.2 Å². The van der Waals surface area contributed by atoms with Gasteiger partial charge in [0.05, 0.1) is 39.6 Å². The molecular weight excluding hydrogens is 412 g/mol. The summed E-state index contributed by atoms with van der Waals surface area (Å²) in [7, 11) is 4.68. The highest BCUT2D eigenvalue weighted by molar-refractivity contribution is 5.97. The number of carbonyl (C=O) groups is 2. The van der Waals surface area contributed by atoms with Crippen molar-refractivity contribution in [3.8, 4) is 17.2 Å². The third-order valence-electron chi connectivity index (χ3n) is 4.79. The van der Waals surface area contributed by atoms with E-state index in [-0.39, 0.29) is 24.8 Å². The lowest BCUT2D eigenvalue weighted by atomic mass is 10.2. The van der Waals surface area contributed by atoms with Gasteiger partial charge in [-0.25, -0.2) is 4.68 Å². The fraction of sp³-hybridized carbons (Fsp3) is 0.261. The van der Waals surface area contributed by atoms with Gasteiger partial charge in [0.25, 0.3) is 5.91 Å². The van der Waals surface area contributed by atoms with Crippen LogP contribution in [0.2, 0.25) is 0 Å². The summed E-state index contributed by atoms with van der Waals surface area (Å²) in [6.07, 6.45) is 1.72. The van der Waals surface area contributed by atoms with Crippen LogP contribution in [0.25, 0.3) is 0 Å². The van der Waals surface area contributed by atoms with Gasteiger partial charge in [-0.3, -0.25) is 9.59 Å². The van der Waals surface area contributed by atoms with Crippen LogP contribution in [0.4, 0.5) is 5.82 Å². The minimum Gasteiger partial charge on any atom is -0.497 e. The summed E-state index contributed by atoms with van der Waals surface area (Å²) in [5.41, 5.74) is 1.30. The smallest absolute Gasteiger partial charge is 0.255 e. The fourth-order valence-corrected chi connectivity index (χ4v) is 3.13. The number of para-hydroxylation sites is 1. The van der Waals surface area contributed by atoms with Gasteiger partial charge in [-0.2, -0.15) is 5.10 Å². The second kappa shape index (κ2) is 10.9. The highest BCUT2D eigenvalue weighted by Gasteiger charge is 2.13. The van der Waals surface area contributed by atoms with Gasteiger partial charge in [-0.05, 0) is 24.3 Å². The number of nitrogens with one attached hydrogen (secondary N) is 2. The first-order valence-electron chi connectivity index (χ1n) is 9.99. The summed E-state index contributed by atoms with van der Waals surface area (Å²) >= 11 is 0. The first kappa shape index (κ1) is 22.7. The molecule has 9 heteroatoms. The zero-order valence-electron chi connectivity index (χ0n) is 18.3. The van der Waals surface area contributed by atoms with Crippen molar-refractivity contribution in [1.82, 2.24) is 15.1 Å². The monoisotopic (exact) mass is 438 g/mol. The molecule has 0 aliphatic rings. The van der Waals surface area contributed by atoms with Crippen LogP contribution < -0.4 is 24.8 Å². The van der Waals surface area contributed by atoms with Gasteiger partial charge < -0.3 is 24.8 Å². The molecule has 2 aromatic carbocycles. The normalized spacial score (nSPS) is 10.3. The van der Waals surface area contributed by atoms with E-state index in [9.17, 15) is 9.59 Å². The molecule has 0 unspecified atom stereocenters. The van der Waals surface area contributed by atoms with Crippen molar-refractivity contribution in [3.05, 3.63) is 65.9 Å². The summed E-state index contributed by atoms with van der Waals surface area (Å²) in [6.45, 7) is 0.587. The van der Waals surface area contributed by atoms with Gasteiger partial charge in [0.15, 0.2) is 0 Å². The first-order chi connectivity index (χ1) is 15.5. The molecule has 1 heterocycles. The number of benzene rings is 2. The number of aromatic nitrogens is 2. The molecule has 0 atom stereocenters. The number of rotatable bonds is 10. The van der Waals surface area contributed by atoms with Gasteiger partial charge >= 0.3 is 0 Å². The van der Waals surface area contributed by atoms with Crippen molar-refractivity contribution in [2.45, 2.75) is 13.0 Å².